The Balaban J connectivity index is 3.19. The van der Waals surface area contributed by atoms with Gasteiger partial charge in [-0.05, 0) is 18.6 Å². The van der Waals surface area contributed by atoms with Gasteiger partial charge in [0, 0.05) is 6.07 Å². The van der Waals surface area contributed by atoms with Gasteiger partial charge in [-0.25, -0.2) is 0 Å². The van der Waals surface area contributed by atoms with Crippen molar-refractivity contribution in [2.24, 2.45) is 0 Å². The average molecular weight is 272 g/mol. The molecule has 0 aliphatic carbocycles. The molecule has 0 unspecified atom stereocenters. The number of hydrogen-bond acceptors (Lipinski definition) is 3. The van der Waals surface area contributed by atoms with Crippen LogP contribution in [0.4, 0.5) is 0 Å². The maximum atomic E-state index is 11.3. The summed E-state index contributed by atoms with van der Waals surface area (Å²) in [6.07, 6.45) is 0. The normalized spacial score (nSPS) is 10.8. The van der Waals surface area contributed by atoms with Crippen LogP contribution in [0.5, 0.6) is 5.75 Å². The number of aromatic nitrogens is 1. The molecule has 1 aromatic carbocycles. The number of fused-ring (bicyclic) bond motifs is 1. The molecule has 0 saturated heterocycles. The highest BCUT2D eigenvalue weighted by Gasteiger charge is 2.12. The van der Waals surface area contributed by atoms with Gasteiger partial charge < -0.3 is 10.1 Å². The van der Waals surface area contributed by atoms with Crippen molar-refractivity contribution >= 4 is 34.1 Å². The molecule has 1 aromatic heterocycles. The van der Waals surface area contributed by atoms with E-state index in [1.165, 1.54) is 0 Å². The largest absolute Gasteiger partial charge is 0.507 e. The molecule has 2 aromatic rings. The quantitative estimate of drug-likeness (QED) is 0.722. The van der Waals surface area contributed by atoms with E-state index in [4.69, 9.17) is 23.2 Å². The maximum absolute atomic E-state index is 11.3. The van der Waals surface area contributed by atoms with Gasteiger partial charge in [-0.1, -0.05) is 23.2 Å². The number of H-pyrrole nitrogens is 1. The second kappa shape index (κ2) is 4.05. The molecule has 4 nitrogen and oxygen atoms in total. The summed E-state index contributed by atoms with van der Waals surface area (Å²) in [6.45, 7) is 1.70. The van der Waals surface area contributed by atoms with Gasteiger partial charge in [-0.2, -0.15) is 0 Å². The fourth-order valence-corrected chi connectivity index (χ4v) is 2.04. The number of aromatic amines is 1. The summed E-state index contributed by atoms with van der Waals surface area (Å²) in [5.74, 6) is -0.379. The number of rotatable bonds is 0. The third kappa shape index (κ3) is 1.90. The summed E-state index contributed by atoms with van der Waals surface area (Å²) in [5, 5.41) is 10.3. The topological polar surface area (TPSA) is 70.2 Å². The van der Waals surface area contributed by atoms with Crippen LogP contribution in [0.15, 0.2) is 21.7 Å². The van der Waals surface area contributed by atoms with Crippen LogP contribution in [-0.2, 0) is 0 Å². The Morgan fingerprint density at radius 3 is 2.47 bits per heavy atom. The minimum Gasteiger partial charge on any atom is -0.507 e. The summed E-state index contributed by atoms with van der Waals surface area (Å²) in [4.78, 5) is 25.0. The first-order chi connectivity index (χ1) is 7.91. The van der Waals surface area contributed by atoms with E-state index in [9.17, 15) is 14.7 Å². The van der Waals surface area contributed by atoms with E-state index < -0.39 is 11.0 Å². The summed E-state index contributed by atoms with van der Waals surface area (Å²) in [5.41, 5.74) is -0.768. The molecule has 0 atom stereocenters. The van der Waals surface area contributed by atoms with Crippen molar-refractivity contribution in [2.75, 3.05) is 0 Å². The predicted octanol–water partition coefficient (Wildman–Crippen LogP) is 2.21. The summed E-state index contributed by atoms with van der Waals surface area (Å²) < 4.78 is 0. The molecule has 0 saturated carbocycles. The van der Waals surface area contributed by atoms with E-state index in [0.29, 0.717) is 5.56 Å². The zero-order chi connectivity index (χ0) is 12.7. The molecule has 0 aliphatic heterocycles. The van der Waals surface area contributed by atoms with Crippen molar-refractivity contribution in [3.8, 4) is 5.75 Å². The minimum atomic E-state index is -0.844. The van der Waals surface area contributed by atoms with Crippen molar-refractivity contribution < 1.29 is 5.11 Å². The molecule has 0 bridgehead atoms. The van der Waals surface area contributed by atoms with Crippen molar-refractivity contribution in [2.45, 2.75) is 6.92 Å². The lowest BCUT2D eigenvalue weighted by molar-refractivity contribution is 0.481. The lowest BCUT2D eigenvalue weighted by atomic mass is 10.1. The summed E-state index contributed by atoms with van der Waals surface area (Å²) in [6, 6.07) is 2.36. The van der Waals surface area contributed by atoms with E-state index in [1.54, 1.807) is 13.0 Å². The third-order valence-corrected chi connectivity index (χ3v) is 3.35. The molecule has 0 aliphatic rings. The van der Waals surface area contributed by atoms with Crippen molar-refractivity contribution in [3.05, 3.63) is 48.3 Å². The molecular formula is C11H7Cl2NO3. The van der Waals surface area contributed by atoms with Gasteiger partial charge >= 0.3 is 0 Å². The fraction of sp³-hybridized carbons (Fsp3) is 0.0909. The van der Waals surface area contributed by atoms with Crippen LogP contribution >= 0.6 is 23.2 Å². The van der Waals surface area contributed by atoms with Gasteiger partial charge in [-0.15, -0.1) is 0 Å². The molecule has 17 heavy (non-hydrogen) atoms. The Kier molecular flexibility index (Phi) is 2.85. The van der Waals surface area contributed by atoms with Crippen molar-refractivity contribution in [1.29, 1.82) is 0 Å². The van der Waals surface area contributed by atoms with E-state index in [-0.39, 0.29) is 26.7 Å². The molecule has 2 N–H and O–H groups in total. The Labute approximate surface area is 105 Å². The highest BCUT2D eigenvalue weighted by molar-refractivity contribution is 6.46. The zero-order valence-electron chi connectivity index (χ0n) is 8.67. The average Bonchev–Trinajstić information content (AvgIpc) is 2.34. The first-order valence-electron chi connectivity index (χ1n) is 4.66. The Hall–Kier alpha value is -1.52. The minimum absolute atomic E-state index is 0.102. The second-order valence-corrected chi connectivity index (χ2v) is 4.35. The molecule has 88 valence electrons. The van der Waals surface area contributed by atoms with Gasteiger partial charge in [0.1, 0.15) is 5.75 Å². The van der Waals surface area contributed by atoms with Crippen molar-refractivity contribution in [3.63, 3.8) is 0 Å². The lowest BCUT2D eigenvalue weighted by Crippen LogP contribution is -2.22. The fourth-order valence-electron chi connectivity index (χ4n) is 1.55. The molecule has 0 fully saturated rings. The number of aryl methyl sites for hydroxylation is 1. The first-order valence-corrected chi connectivity index (χ1v) is 5.42. The van der Waals surface area contributed by atoms with E-state index in [0.717, 1.165) is 6.07 Å². The SMILES string of the molecule is Cc1cc2[nH]c(=O)c(=O)cc(O)c2c(Cl)c1Cl. The van der Waals surface area contributed by atoms with E-state index in [2.05, 4.69) is 4.98 Å². The highest BCUT2D eigenvalue weighted by Crippen LogP contribution is 2.36. The van der Waals surface area contributed by atoms with E-state index in [1.807, 2.05) is 0 Å². The molecule has 6 heteroatoms. The third-order valence-electron chi connectivity index (χ3n) is 2.38. The van der Waals surface area contributed by atoms with Crippen molar-refractivity contribution in [1.82, 2.24) is 4.98 Å². The number of benzene rings is 1. The van der Waals surface area contributed by atoms with Crippen LogP contribution in [0.1, 0.15) is 5.56 Å². The molecule has 0 radical (unpaired) electrons. The Morgan fingerprint density at radius 1 is 1.18 bits per heavy atom. The maximum Gasteiger partial charge on any atom is 0.296 e. The van der Waals surface area contributed by atoms with Crippen LogP contribution in [0.25, 0.3) is 10.9 Å². The molecule has 0 spiro atoms. The number of aromatic hydroxyl groups is 1. The smallest absolute Gasteiger partial charge is 0.296 e. The molecule has 2 rings (SSSR count). The Bertz CT molecular complexity index is 737. The van der Waals surface area contributed by atoms with Gasteiger partial charge in [0.25, 0.3) is 5.56 Å². The molecular weight excluding hydrogens is 265 g/mol. The van der Waals surface area contributed by atoms with Gasteiger partial charge in [0.2, 0.25) is 5.43 Å². The monoisotopic (exact) mass is 271 g/mol. The van der Waals surface area contributed by atoms with E-state index >= 15 is 0 Å². The van der Waals surface area contributed by atoms with Gasteiger partial charge in [0.05, 0.1) is 20.9 Å². The van der Waals surface area contributed by atoms with Crippen LogP contribution in [0.2, 0.25) is 10.0 Å². The van der Waals surface area contributed by atoms with Crippen LogP contribution in [0.3, 0.4) is 0 Å². The van der Waals surface area contributed by atoms with Gasteiger partial charge in [-0.3, -0.25) is 9.59 Å². The first kappa shape index (κ1) is 12.0. The molecule has 0 amide bonds. The number of nitrogens with one attached hydrogen (secondary N) is 1. The summed E-state index contributed by atoms with van der Waals surface area (Å²) >= 11 is 11.9. The Morgan fingerprint density at radius 2 is 1.82 bits per heavy atom. The predicted molar refractivity (Wildman–Crippen MR) is 67.3 cm³/mol. The lowest BCUT2D eigenvalue weighted by Gasteiger charge is -2.04. The summed E-state index contributed by atoms with van der Waals surface area (Å²) in [7, 11) is 0. The number of hydrogen-bond donors (Lipinski definition) is 2. The van der Waals surface area contributed by atoms with Gasteiger partial charge in [0.15, 0.2) is 0 Å². The van der Waals surface area contributed by atoms with Crippen LogP contribution in [0, 0.1) is 6.92 Å². The standard InChI is InChI=1S/C11H7Cl2NO3/c1-4-2-5-8(10(13)9(4)12)6(15)3-7(16)11(17)14-5/h2-3,15H,1H3,(H,14,16,17). The number of halogens is 2. The highest BCUT2D eigenvalue weighted by atomic mass is 35.5. The van der Waals surface area contributed by atoms with Crippen LogP contribution in [-0.4, -0.2) is 10.1 Å². The second-order valence-electron chi connectivity index (χ2n) is 3.59. The zero-order valence-corrected chi connectivity index (χ0v) is 10.2. The molecule has 1 heterocycles. The van der Waals surface area contributed by atoms with Crippen LogP contribution < -0.4 is 11.0 Å².